The van der Waals surface area contributed by atoms with E-state index in [0.717, 1.165) is 17.0 Å². The minimum atomic E-state index is -3.47. The highest BCUT2D eigenvalue weighted by Crippen LogP contribution is 2.38. The Kier molecular flexibility index (Phi) is 4.65. The van der Waals surface area contributed by atoms with Crippen molar-refractivity contribution in [2.45, 2.75) is 20.3 Å². The van der Waals surface area contributed by atoms with Gasteiger partial charge in [0.1, 0.15) is 5.75 Å². The van der Waals surface area contributed by atoms with Gasteiger partial charge < -0.3 is 9.84 Å². The summed E-state index contributed by atoms with van der Waals surface area (Å²) in [5, 5.41) is 9.20. The topological polar surface area (TPSA) is 83.9 Å². The highest BCUT2D eigenvalue weighted by molar-refractivity contribution is 7.92. The van der Waals surface area contributed by atoms with Gasteiger partial charge in [0.05, 0.1) is 24.1 Å². The molecule has 2 unspecified atom stereocenters. The van der Waals surface area contributed by atoms with Crippen molar-refractivity contribution in [2.75, 3.05) is 23.7 Å². The number of ether oxygens (including phenoxy) is 1. The van der Waals surface area contributed by atoms with E-state index in [-0.39, 0.29) is 12.1 Å². The van der Waals surface area contributed by atoms with E-state index in [1.807, 2.05) is 0 Å². The number of carboxylic acids is 1. The normalized spacial score (nSPS) is 20.5. The molecule has 6 nitrogen and oxygen atoms in total. The van der Waals surface area contributed by atoms with Crippen LogP contribution < -0.4 is 9.04 Å². The number of sulfonamides is 1. The van der Waals surface area contributed by atoms with Crippen LogP contribution in [0, 0.1) is 11.8 Å². The predicted octanol–water partition coefficient (Wildman–Crippen LogP) is 2.21. The molecule has 1 saturated carbocycles. The zero-order valence-electron chi connectivity index (χ0n) is 12.9. The van der Waals surface area contributed by atoms with Gasteiger partial charge in [0, 0.05) is 12.6 Å². The molecule has 1 aromatic carbocycles. The molecule has 0 amide bonds. The highest BCUT2D eigenvalue weighted by Gasteiger charge is 2.33. The summed E-state index contributed by atoms with van der Waals surface area (Å²) >= 11 is 0. The fraction of sp³-hybridized carbons (Fsp3) is 0.533. The van der Waals surface area contributed by atoms with Crippen LogP contribution in [0.25, 0.3) is 0 Å². The van der Waals surface area contributed by atoms with E-state index >= 15 is 0 Å². The number of carboxylic acid groups (broad SMARTS) is 1. The van der Waals surface area contributed by atoms with E-state index in [4.69, 9.17) is 4.74 Å². The summed E-state index contributed by atoms with van der Waals surface area (Å²) in [4.78, 5) is 11.2. The lowest BCUT2D eigenvalue weighted by molar-refractivity contribution is 0.0696. The van der Waals surface area contributed by atoms with Gasteiger partial charge in [-0.25, -0.2) is 13.2 Å². The molecule has 0 aromatic heterocycles. The minimum absolute atomic E-state index is 0.0124. The van der Waals surface area contributed by atoms with Crippen molar-refractivity contribution in [1.82, 2.24) is 0 Å². The number of carbonyl (C=O) groups is 1. The fourth-order valence-electron chi connectivity index (χ4n) is 2.38. The molecule has 0 spiro atoms. The lowest BCUT2D eigenvalue weighted by Gasteiger charge is -2.21. The third-order valence-corrected chi connectivity index (χ3v) is 5.12. The molecule has 0 aliphatic heterocycles. The second-order valence-corrected chi connectivity index (χ2v) is 7.64. The van der Waals surface area contributed by atoms with Gasteiger partial charge in [0.15, 0.2) is 0 Å². The summed E-state index contributed by atoms with van der Waals surface area (Å²) in [6, 6.07) is 4.35. The molecule has 2 atom stereocenters. The van der Waals surface area contributed by atoms with Gasteiger partial charge >= 0.3 is 5.97 Å². The van der Waals surface area contributed by atoms with Crippen LogP contribution in [0.3, 0.4) is 0 Å². The summed E-state index contributed by atoms with van der Waals surface area (Å²) < 4.78 is 30.4. The molecule has 122 valence electrons. The smallest absolute Gasteiger partial charge is 0.335 e. The number of hydrogen-bond donors (Lipinski definition) is 1. The third kappa shape index (κ3) is 3.91. The Morgan fingerprint density at radius 2 is 2.05 bits per heavy atom. The molecule has 1 aliphatic rings. The van der Waals surface area contributed by atoms with Crippen LogP contribution in [0.15, 0.2) is 18.2 Å². The first kappa shape index (κ1) is 16.6. The summed E-state index contributed by atoms with van der Waals surface area (Å²) in [7, 11) is -3.47. The van der Waals surface area contributed by atoms with Gasteiger partial charge in [-0.15, -0.1) is 0 Å². The summed E-state index contributed by atoms with van der Waals surface area (Å²) in [5.74, 6) is 0.395. The number of nitrogens with zero attached hydrogens (tertiary/aromatic N) is 1. The Labute approximate surface area is 130 Å². The van der Waals surface area contributed by atoms with Crippen molar-refractivity contribution in [2.24, 2.45) is 11.8 Å². The first-order valence-corrected chi connectivity index (χ1v) is 9.06. The van der Waals surface area contributed by atoms with Gasteiger partial charge in [0.2, 0.25) is 10.0 Å². The zero-order valence-corrected chi connectivity index (χ0v) is 13.8. The Hall–Kier alpha value is -1.76. The average Bonchev–Trinajstić information content (AvgIpc) is 3.11. The summed E-state index contributed by atoms with van der Waals surface area (Å²) in [5.41, 5.74) is 0.321. The van der Waals surface area contributed by atoms with E-state index < -0.39 is 16.0 Å². The molecule has 1 N–H and O–H groups in total. The fourth-order valence-corrected chi connectivity index (χ4v) is 3.33. The SMILES string of the molecule is CCN(c1cc(OCC2CC2C)cc(C(=O)O)c1)S(C)(=O)=O. The van der Waals surface area contributed by atoms with Crippen molar-refractivity contribution < 1.29 is 23.1 Å². The molecule has 0 radical (unpaired) electrons. The number of hydrogen-bond acceptors (Lipinski definition) is 4. The van der Waals surface area contributed by atoms with Crippen molar-refractivity contribution >= 4 is 21.7 Å². The summed E-state index contributed by atoms with van der Waals surface area (Å²) in [6.45, 7) is 4.58. The average molecular weight is 327 g/mol. The van der Waals surface area contributed by atoms with Crippen LogP contribution in [0.2, 0.25) is 0 Å². The maximum absolute atomic E-state index is 11.8. The number of aromatic carboxylic acids is 1. The number of anilines is 1. The maximum atomic E-state index is 11.8. The molecule has 0 heterocycles. The maximum Gasteiger partial charge on any atom is 0.335 e. The van der Waals surface area contributed by atoms with Gasteiger partial charge in [-0.3, -0.25) is 4.31 Å². The largest absolute Gasteiger partial charge is 0.493 e. The van der Waals surface area contributed by atoms with Crippen molar-refractivity contribution in [3.05, 3.63) is 23.8 Å². The Bertz CT molecular complexity index is 671. The van der Waals surface area contributed by atoms with Crippen LogP contribution in [-0.2, 0) is 10.0 Å². The molecule has 1 aliphatic carbocycles. The van der Waals surface area contributed by atoms with Crippen LogP contribution >= 0.6 is 0 Å². The number of benzene rings is 1. The molecule has 1 fully saturated rings. The van der Waals surface area contributed by atoms with Crippen molar-refractivity contribution in [3.63, 3.8) is 0 Å². The van der Waals surface area contributed by atoms with Crippen molar-refractivity contribution in [1.29, 1.82) is 0 Å². The molecular weight excluding hydrogens is 306 g/mol. The molecular formula is C15H21NO5S. The highest BCUT2D eigenvalue weighted by atomic mass is 32.2. The molecule has 7 heteroatoms. The van der Waals surface area contributed by atoms with Crippen molar-refractivity contribution in [3.8, 4) is 5.75 Å². The van der Waals surface area contributed by atoms with E-state index in [1.54, 1.807) is 13.0 Å². The van der Waals surface area contributed by atoms with E-state index in [0.29, 0.717) is 29.9 Å². The quantitative estimate of drug-likeness (QED) is 0.830. The molecule has 0 saturated heterocycles. The second kappa shape index (κ2) is 6.16. The van der Waals surface area contributed by atoms with E-state index in [2.05, 4.69) is 6.92 Å². The van der Waals surface area contributed by atoms with E-state index in [9.17, 15) is 18.3 Å². The van der Waals surface area contributed by atoms with Gasteiger partial charge in [-0.05, 0) is 37.3 Å². The van der Waals surface area contributed by atoms with Crippen LogP contribution in [0.4, 0.5) is 5.69 Å². The minimum Gasteiger partial charge on any atom is -0.493 e. The lowest BCUT2D eigenvalue weighted by atomic mass is 10.2. The monoisotopic (exact) mass is 327 g/mol. The standard InChI is InChI=1S/C15H21NO5S/c1-4-16(22(3,19)20)13-6-11(15(17)18)7-14(8-13)21-9-12-5-10(12)2/h6-8,10,12H,4-5,9H2,1-3H3,(H,17,18). The summed E-state index contributed by atoms with van der Waals surface area (Å²) in [6.07, 6.45) is 2.20. The Balaban J connectivity index is 2.31. The molecule has 1 aromatic rings. The van der Waals surface area contributed by atoms with Crippen LogP contribution in [0.1, 0.15) is 30.6 Å². The third-order valence-electron chi connectivity index (χ3n) is 3.85. The molecule has 2 rings (SSSR count). The number of rotatable bonds is 7. The van der Waals surface area contributed by atoms with E-state index in [1.165, 1.54) is 12.1 Å². The Morgan fingerprint density at radius 3 is 2.50 bits per heavy atom. The zero-order chi connectivity index (χ0) is 16.5. The van der Waals surface area contributed by atoms with Crippen LogP contribution in [-0.4, -0.2) is 38.9 Å². The molecule has 22 heavy (non-hydrogen) atoms. The second-order valence-electron chi connectivity index (χ2n) is 5.73. The molecule has 0 bridgehead atoms. The Morgan fingerprint density at radius 1 is 1.41 bits per heavy atom. The van der Waals surface area contributed by atoms with Gasteiger partial charge in [-0.2, -0.15) is 0 Å². The first-order chi connectivity index (χ1) is 10.2. The lowest BCUT2D eigenvalue weighted by Crippen LogP contribution is -2.29. The van der Waals surface area contributed by atoms with Crippen LogP contribution in [0.5, 0.6) is 5.75 Å². The van der Waals surface area contributed by atoms with Gasteiger partial charge in [0.25, 0.3) is 0 Å². The first-order valence-electron chi connectivity index (χ1n) is 7.21. The van der Waals surface area contributed by atoms with Gasteiger partial charge in [-0.1, -0.05) is 6.92 Å². The predicted molar refractivity (Wildman–Crippen MR) is 84.0 cm³/mol.